The zero-order valence-corrected chi connectivity index (χ0v) is 12.5. The van der Waals surface area contributed by atoms with Crippen LogP contribution >= 0.6 is 12.8 Å². The molecule has 0 aliphatic heterocycles. The molecule has 0 unspecified atom stereocenters. The first kappa shape index (κ1) is 16.0. The number of benzene rings is 1. The fourth-order valence-corrected chi connectivity index (χ4v) is 1.56. The van der Waals surface area contributed by atoms with Crippen molar-refractivity contribution >= 4 is 24.2 Å². The molecule has 0 amide bonds. The van der Waals surface area contributed by atoms with Gasteiger partial charge in [0.05, 0.1) is 18.5 Å². The van der Waals surface area contributed by atoms with E-state index in [4.69, 9.17) is 10.5 Å². The van der Waals surface area contributed by atoms with E-state index in [-0.39, 0.29) is 5.41 Å². The summed E-state index contributed by atoms with van der Waals surface area (Å²) in [5.41, 5.74) is 8.54. The van der Waals surface area contributed by atoms with E-state index in [2.05, 4.69) is 38.3 Å². The van der Waals surface area contributed by atoms with Gasteiger partial charge in [0, 0.05) is 0 Å². The van der Waals surface area contributed by atoms with Crippen LogP contribution in [0.3, 0.4) is 0 Å². The molecule has 0 aromatic heterocycles. The van der Waals surface area contributed by atoms with Gasteiger partial charge in [-0.05, 0) is 23.1 Å². The number of rotatable bonds is 2. The van der Waals surface area contributed by atoms with Crippen molar-refractivity contribution in [2.45, 2.75) is 40.0 Å². The Balaban J connectivity index is 0.00000121. The van der Waals surface area contributed by atoms with Gasteiger partial charge in [0.2, 0.25) is 0 Å². The van der Waals surface area contributed by atoms with Crippen LogP contribution in [0.4, 0.5) is 11.4 Å². The van der Waals surface area contributed by atoms with Gasteiger partial charge in [-0.15, -0.1) is 0 Å². The lowest BCUT2D eigenvalue weighted by Crippen LogP contribution is -2.12. The van der Waals surface area contributed by atoms with Crippen LogP contribution in [0.25, 0.3) is 0 Å². The van der Waals surface area contributed by atoms with Crippen molar-refractivity contribution in [3.8, 4) is 5.75 Å². The van der Waals surface area contributed by atoms with Crippen molar-refractivity contribution in [3.63, 3.8) is 0 Å². The van der Waals surface area contributed by atoms with Gasteiger partial charge in [0.15, 0.2) is 5.75 Å². The minimum absolute atomic E-state index is 0.0553. The Morgan fingerprint density at radius 1 is 1.24 bits per heavy atom. The van der Waals surface area contributed by atoms with E-state index in [0.717, 1.165) is 11.3 Å². The summed E-state index contributed by atoms with van der Waals surface area (Å²) in [7, 11) is 1.59. The lowest BCUT2D eigenvalue weighted by Gasteiger charge is -2.22. The third-order valence-corrected chi connectivity index (χ3v) is 2.55. The van der Waals surface area contributed by atoms with Crippen molar-refractivity contribution in [1.29, 1.82) is 0 Å². The van der Waals surface area contributed by atoms with Gasteiger partial charge < -0.3 is 15.2 Å². The molecule has 98 valence electrons. The first-order valence-electron chi connectivity index (χ1n) is 5.78. The Morgan fingerprint density at radius 2 is 1.76 bits per heavy atom. The molecule has 0 fully saturated rings. The summed E-state index contributed by atoms with van der Waals surface area (Å²) in [5.74, 6) is 0.637. The van der Waals surface area contributed by atoms with Crippen molar-refractivity contribution in [3.05, 3.63) is 17.7 Å². The normalized spacial score (nSPS) is 10.3. The second kappa shape index (κ2) is 6.64. The van der Waals surface area contributed by atoms with E-state index >= 15 is 0 Å². The minimum atomic E-state index is 0.0553. The van der Waals surface area contributed by atoms with Crippen molar-refractivity contribution in [2.24, 2.45) is 0 Å². The molecule has 0 bridgehead atoms. The van der Waals surface area contributed by atoms with Gasteiger partial charge in [0.1, 0.15) is 0 Å². The van der Waals surface area contributed by atoms with Gasteiger partial charge in [-0.1, -0.05) is 47.4 Å². The molecule has 0 spiro atoms. The predicted octanol–water partition coefficient (Wildman–Crippen LogP) is 3.86. The maximum Gasteiger partial charge on any atom is 0.165 e. The summed E-state index contributed by atoms with van der Waals surface area (Å²) in [6.45, 7) is 10.4. The molecule has 0 aliphatic carbocycles. The molecule has 3 N–H and O–H groups in total. The molecule has 0 atom stereocenters. The van der Waals surface area contributed by atoms with Gasteiger partial charge in [-0.2, -0.15) is 0 Å². The molecule has 3 nitrogen and oxygen atoms in total. The Kier molecular flexibility index (Phi) is 6.24. The molecule has 0 saturated carbocycles. The topological polar surface area (TPSA) is 47.3 Å². The quantitative estimate of drug-likeness (QED) is 0.556. The number of ether oxygens (including phenoxy) is 1. The molecule has 0 heterocycles. The number of nitrogens with two attached hydrogens (primary N) is 1. The number of hydrogen-bond donors (Lipinski definition) is 3. The SMILES string of the molecule is CC.COc1c(N)cc(C(C)(C)C)cc1NS. The molecule has 1 aromatic rings. The van der Waals surface area contributed by atoms with E-state index in [1.165, 1.54) is 0 Å². The zero-order valence-electron chi connectivity index (χ0n) is 11.6. The van der Waals surface area contributed by atoms with E-state index in [1.807, 2.05) is 26.0 Å². The summed E-state index contributed by atoms with van der Waals surface area (Å²) in [4.78, 5) is 0. The number of nitrogens with one attached hydrogen (secondary N) is 1. The molecule has 0 saturated heterocycles. The smallest absolute Gasteiger partial charge is 0.165 e. The largest absolute Gasteiger partial charge is 0.492 e. The van der Waals surface area contributed by atoms with Crippen LogP contribution in [-0.2, 0) is 5.41 Å². The van der Waals surface area contributed by atoms with Gasteiger partial charge in [0.25, 0.3) is 0 Å². The lowest BCUT2D eigenvalue weighted by atomic mass is 9.86. The number of hydrogen-bond acceptors (Lipinski definition) is 4. The summed E-state index contributed by atoms with van der Waals surface area (Å²) in [6, 6.07) is 3.94. The summed E-state index contributed by atoms with van der Waals surface area (Å²) in [6.07, 6.45) is 0. The highest BCUT2D eigenvalue weighted by atomic mass is 32.1. The number of anilines is 2. The number of nitrogen functional groups attached to an aromatic ring is 1. The second-order valence-electron chi connectivity index (χ2n) is 4.51. The van der Waals surface area contributed by atoms with Gasteiger partial charge in [-0.3, -0.25) is 0 Å². The molecular weight excluding hydrogens is 232 g/mol. The van der Waals surface area contributed by atoms with Crippen LogP contribution in [0.2, 0.25) is 0 Å². The molecule has 1 aromatic carbocycles. The van der Waals surface area contributed by atoms with Crippen molar-refractivity contribution in [2.75, 3.05) is 17.6 Å². The highest BCUT2D eigenvalue weighted by Crippen LogP contribution is 2.36. The maximum atomic E-state index is 5.91. The van der Waals surface area contributed by atoms with Crippen molar-refractivity contribution in [1.82, 2.24) is 0 Å². The first-order chi connectivity index (χ1) is 7.90. The zero-order chi connectivity index (χ0) is 13.6. The number of thiol groups is 1. The third-order valence-electron chi connectivity index (χ3n) is 2.31. The van der Waals surface area contributed by atoms with Crippen LogP contribution in [0.15, 0.2) is 12.1 Å². The summed E-state index contributed by atoms with van der Waals surface area (Å²) >= 11 is 4.04. The lowest BCUT2D eigenvalue weighted by molar-refractivity contribution is 0.418. The van der Waals surface area contributed by atoms with Crippen LogP contribution in [0.1, 0.15) is 40.2 Å². The monoisotopic (exact) mass is 256 g/mol. The van der Waals surface area contributed by atoms with Crippen LogP contribution in [0, 0.1) is 0 Å². The number of methoxy groups -OCH3 is 1. The average molecular weight is 256 g/mol. The van der Waals surface area contributed by atoms with Crippen molar-refractivity contribution < 1.29 is 4.74 Å². The Labute approximate surface area is 110 Å². The maximum absolute atomic E-state index is 5.91. The summed E-state index contributed by atoms with van der Waals surface area (Å²) < 4.78 is 7.99. The highest BCUT2D eigenvalue weighted by Gasteiger charge is 2.17. The molecule has 0 aliphatic rings. The van der Waals surface area contributed by atoms with Crippen LogP contribution < -0.4 is 15.2 Å². The molecule has 0 radical (unpaired) electrons. The Hall–Kier alpha value is -1.03. The fraction of sp³-hybridized carbons (Fsp3) is 0.538. The van der Waals surface area contributed by atoms with Gasteiger partial charge >= 0.3 is 0 Å². The molecule has 4 heteroatoms. The summed E-state index contributed by atoms with van der Waals surface area (Å²) in [5, 5.41) is 0. The predicted molar refractivity (Wildman–Crippen MR) is 80.1 cm³/mol. The third kappa shape index (κ3) is 4.04. The van der Waals surface area contributed by atoms with Crippen LogP contribution in [0.5, 0.6) is 5.75 Å². The van der Waals surface area contributed by atoms with E-state index < -0.39 is 0 Å². The van der Waals surface area contributed by atoms with Gasteiger partial charge in [-0.25, -0.2) is 0 Å². The molecule has 17 heavy (non-hydrogen) atoms. The van der Waals surface area contributed by atoms with E-state index in [9.17, 15) is 0 Å². The highest BCUT2D eigenvalue weighted by molar-refractivity contribution is 7.81. The second-order valence-corrected chi connectivity index (χ2v) is 4.73. The first-order valence-corrected chi connectivity index (χ1v) is 6.23. The Bertz CT molecular complexity index is 359. The fourth-order valence-electron chi connectivity index (χ4n) is 1.40. The van der Waals surface area contributed by atoms with E-state index in [0.29, 0.717) is 11.4 Å². The molecule has 1 rings (SSSR count). The average Bonchev–Trinajstić information content (AvgIpc) is 2.29. The van der Waals surface area contributed by atoms with Crippen LogP contribution in [-0.4, -0.2) is 7.11 Å². The Morgan fingerprint density at radius 3 is 2.12 bits per heavy atom. The minimum Gasteiger partial charge on any atom is -0.492 e. The molecular formula is C13H24N2OS. The van der Waals surface area contributed by atoms with E-state index in [1.54, 1.807) is 7.11 Å². The standard InChI is InChI=1S/C11H18N2OS.C2H6/c1-11(2,3)7-5-8(12)10(14-4)9(6-7)13-15;1-2/h5-6,13,15H,12H2,1-4H3;1-2H3.